The van der Waals surface area contributed by atoms with Gasteiger partial charge in [0.25, 0.3) is 0 Å². The van der Waals surface area contributed by atoms with Crippen LogP contribution in [0.5, 0.6) is 0 Å². The number of pyridine rings is 1. The number of benzene rings is 1. The molecule has 0 atom stereocenters. The minimum Gasteiger partial charge on any atom is -0.397 e. The molecule has 0 amide bonds. The molecule has 5 heteroatoms. The fourth-order valence-corrected chi connectivity index (χ4v) is 3.58. The van der Waals surface area contributed by atoms with Crippen LogP contribution in [0.4, 0.5) is 5.69 Å². The van der Waals surface area contributed by atoms with Crippen molar-refractivity contribution in [3.8, 4) is 0 Å². The second-order valence-electron chi connectivity index (χ2n) is 5.18. The first kappa shape index (κ1) is 14.0. The number of aryl methyl sites for hydroxylation is 1. The van der Waals surface area contributed by atoms with Gasteiger partial charge in [0, 0.05) is 22.8 Å². The highest BCUT2D eigenvalue weighted by Crippen LogP contribution is 2.31. The summed E-state index contributed by atoms with van der Waals surface area (Å²) in [5, 5.41) is 0.681. The van der Waals surface area contributed by atoms with Crippen molar-refractivity contribution in [2.75, 3.05) is 5.73 Å². The molecule has 1 heterocycles. The van der Waals surface area contributed by atoms with Crippen molar-refractivity contribution in [1.29, 1.82) is 0 Å². The first-order chi connectivity index (χ1) is 9.60. The number of halogens is 2. The molecule has 0 saturated carbocycles. The van der Waals surface area contributed by atoms with Crippen LogP contribution in [0, 0.1) is 0 Å². The summed E-state index contributed by atoms with van der Waals surface area (Å²) in [7, 11) is 0.966. The molecule has 3 rings (SSSR count). The highest BCUT2D eigenvalue weighted by atomic mass is 79.9. The molecule has 1 aromatic carbocycles. The van der Waals surface area contributed by atoms with Gasteiger partial charge in [-0.05, 0) is 57.6 Å². The van der Waals surface area contributed by atoms with Crippen LogP contribution in [0.25, 0.3) is 0 Å². The average Bonchev–Trinajstić information content (AvgIpc) is 2.62. The van der Waals surface area contributed by atoms with Gasteiger partial charge < -0.3 is 5.73 Å². The van der Waals surface area contributed by atoms with Gasteiger partial charge in [0.2, 0.25) is 0 Å². The van der Waals surface area contributed by atoms with Crippen molar-refractivity contribution >= 4 is 46.0 Å². The molecule has 1 aromatic heterocycles. The predicted molar refractivity (Wildman–Crippen MR) is 90.7 cm³/mol. The lowest BCUT2D eigenvalue weighted by molar-refractivity contribution is 0.951. The maximum absolute atomic E-state index is 6.27. The van der Waals surface area contributed by atoms with Crippen molar-refractivity contribution in [3.63, 3.8) is 0 Å². The lowest BCUT2D eigenvalue weighted by Gasteiger charge is -2.15. The Bertz CT molecular complexity index is 688. The first-order valence-electron chi connectivity index (χ1n) is 6.82. The minimum atomic E-state index is 0.681. The standard InChI is InChI=1S/C15H15BBrClN2/c1-16-12-6-13(18)15(19)10-3-2-8-4-9(17)7-20-14(8)5-11(10)12/h4,6-7,16H,2-3,5,19H2,1H3. The maximum atomic E-state index is 6.27. The SMILES string of the molecule is CBc1cc(Cl)c(N)c2c1Cc1ncc(Br)cc1CC2. The van der Waals surface area contributed by atoms with Crippen LogP contribution in [-0.4, -0.2) is 12.3 Å². The van der Waals surface area contributed by atoms with Crippen molar-refractivity contribution in [2.45, 2.75) is 26.1 Å². The summed E-state index contributed by atoms with van der Waals surface area (Å²) in [5.74, 6) is 0. The zero-order valence-corrected chi connectivity index (χ0v) is 13.7. The molecule has 0 bridgehead atoms. The lowest BCUT2D eigenvalue weighted by Crippen LogP contribution is -2.21. The smallest absolute Gasteiger partial charge is 0.155 e. The molecule has 0 saturated heterocycles. The van der Waals surface area contributed by atoms with Crippen LogP contribution in [0.3, 0.4) is 0 Å². The Labute approximate surface area is 133 Å². The average molecular weight is 349 g/mol. The predicted octanol–water partition coefficient (Wildman–Crippen LogP) is 2.88. The summed E-state index contributed by atoms with van der Waals surface area (Å²) < 4.78 is 1.03. The van der Waals surface area contributed by atoms with Crippen molar-refractivity contribution in [3.05, 3.63) is 50.2 Å². The van der Waals surface area contributed by atoms with Crippen LogP contribution in [0.15, 0.2) is 22.8 Å². The van der Waals surface area contributed by atoms with E-state index in [1.54, 1.807) is 0 Å². The highest BCUT2D eigenvalue weighted by molar-refractivity contribution is 9.10. The van der Waals surface area contributed by atoms with Crippen molar-refractivity contribution in [2.24, 2.45) is 0 Å². The van der Waals surface area contributed by atoms with Gasteiger partial charge in [0.05, 0.1) is 10.7 Å². The summed E-state index contributed by atoms with van der Waals surface area (Å²) in [6, 6.07) is 4.18. The zero-order valence-electron chi connectivity index (χ0n) is 11.3. The quantitative estimate of drug-likeness (QED) is 0.635. The van der Waals surface area contributed by atoms with Crippen molar-refractivity contribution < 1.29 is 0 Å². The van der Waals surface area contributed by atoms with Gasteiger partial charge in [-0.15, -0.1) is 0 Å². The second-order valence-corrected chi connectivity index (χ2v) is 6.50. The molecule has 0 spiro atoms. The number of nitrogens with two attached hydrogens (primary N) is 1. The molecule has 1 aliphatic rings. The number of hydrogen-bond acceptors (Lipinski definition) is 2. The molecule has 2 aromatic rings. The molecule has 0 radical (unpaired) electrons. The van der Waals surface area contributed by atoms with E-state index in [9.17, 15) is 0 Å². The van der Waals surface area contributed by atoms with E-state index < -0.39 is 0 Å². The van der Waals surface area contributed by atoms with Crippen LogP contribution in [0.1, 0.15) is 22.4 Å². The third-order valence-electron chi connectivity index (χ3n) is 4.03. The monoisotopic (exact) mass is 348 g/mol. The summed E-state index contributed by atoms with van der Waals surface area (Å²) >= 11 is 9.77. The molecule has 0 fully saturated rings. The summed E-state index contributed by atoms with van der Waals surface area (Å²) in [5.41, 5.74) is 13.2. The largest absolute Gasteiger partial charge is 0.397 e. The van der Waals surface area contributed by atoms with Crippen LogP contribution in [-0.2, 0) is 19.3 Å². The van der Waals surface area contributed by atoms with E-state index in [4.69, 9.17) is 17.3 Å². The zero-order chi connectivity index (χ0) is 14.3. The number of rotatable bonds is 1. The minimum absolute atomic E-state index is 0.681. The molecule has 2 nitrogen and oxygen atoms in total. The second kappa shape index (κ2) is 5.42. The molecule has 20 heavy (non-hydrogen) atoms. The molecular weight excluding hydrogens is 334 g/mol. The fraction of sp³-hybridized carbons (Fsp3) is 0.267. The lowest BCUT2D eigenvalue weighted by atomic mass is 9.69. The summed E-state index contributed by atoms with van der Waals surface area (Å²) in [4.78, 5) is 4.58. The first-order valence-corrected chi connectivity index (χ1v) is 7.99. The Morgan fingerprint density at radius 2 is 2.10 bits per heavy atom. The van der Waals surface area contributed by atoms with Crippen LogP contribution < -0.4 is 11.2 Å². The van der Waals surface area contributed by atoms with Gasteiger partial charge >= 0.3 is 0 Å². The van der Waals surface area contributed by atoms with E-state index in [0.717, 1.165) is 42.4 Å². The van der Waals surface area contributed by atoms with E-state index in [-0.39, 0.29) is 0 Å². The van der Waals surface area contributed by atoms with Crippen LogP contribution >= 0.6 is 27.5 Å². The van der Waals surface area contributed by atoms with Crippen molar-refractivity contribution in [1.82, 2.24) is 4.98 Å². The molecule has 102 valence electrons. The van der Waals surface area contributed by atoms with Gasteiger partial charge in [-0.1, -0.05) is 23.9 Å². The van der Waals surface area contributed by atoms with E-state index in [0.29, 0.717) is 5.02 Å². The number of nitrogens with zero attached hydrogens (tertiary/aromatic N) is 1. The van der Waals surface area contributed by atoms with E-state index in [2.05, 4.69) is 33.8 Å². The van der Waals surface area contributed by atoms with E-state index in [1.165, 1.54) is 22.2 Å². The Morgan fingerprint density at radius 3 is 2.85 bits per heavy atom. The van der Waals surface area contributed by atoms with Gasteiger partial charge in [0.15, 0.2) is 7.28 Å². The molecule has 2 N–H and O–H groups in total. The highest BCUT2D eigenvalue weighted by Gasteiger charge is 2.20. The number of hydrogen-bond donors (Lipinski definition) is 1. The Hall–Kier alpha value is -0.995. The Balaban J connectivity index is 2.17. The number of fused-ring (bicyclic) bond motifs is 2. The van der Waals surface area contributed by atoms with E-state index in [1.807, 2.05) is 12.3 Å². The number of aromatic nitrogens is 1. The van der Waals surface area contributed by atoms with Gasteiger partial charge in [0.1, 0.15) is 0 Å². The normalized spacial score (nSPS) is 13.3. The third-order valence-corrected chi connectivity index (χ3v) is 4.78. The molecule has 1 aliphatic carbocycles. The van der Waals surface area contributed by atoms with Gasteiger partial charge in [-0.25, -0.2) is 0 Å². The Kier molecular flexibility index (Phi) is 3.78. The third kappa shape index (κ3) is 2.36. The summed E-state index contributed by atoms with van der Waals surface area (Å²) in [6.07, 6.45) is 4.61. The molecular formula is C15H15BBrClN2. The van der Waals surface area contributed by atoms with E-state index >= 15 is 0 Å². The van der Waals surface area contributed by atoms with Gasteiger partial charge in [-0.2, -0.15) is 0 Å². The number of nitrogen functional groups attached to an aromatic ring is 1. The van der Waals surface area contributed by atoms with Gasteiger partial charge in [-0.3, -0.25) is 4.98 Å². The van der Waals surface area contributed by atoms with Crippen LogP contribution in [0.2, 0.25) is 11.8 Å². The topological polar surface area (TPSA) is 38.9 Å². The fourth-order valence-electron chi connectivity index (χ4n) is 2.95. The maximum Gasteiger partial charge on any atom is 0.155 e. The Morgan fingerprint density at radius 1 is 1.30 bits per heavy atom. The summed E-state index contributed by atoms with van der Waals surface area (Å²) in [6.45, 7) is 2.16. The molecule has 0 aliphatic heterocycles. The number of anilines is 1. The molecule has 0 unspecified atom stereocenters.